The van der Waals surface area contributed by atoms with Crippen LogP contribution in [-0.2, 0) is 20.1 Å². The standard InChI is InChI=1S/CH4N2O.W/c2-1(3)4;/h(H4,2,3,4);/q;+1/p-1. The monoisotopic (exact) mass is 243 g/mol. The molecule has 0 aromatic heterocycles. The normalized spacial score (nSPS) is 6.40. The van der Waals surface area contributed by atoms with Crippen molar-refractivity contribution in [1.29, 1.82) is 0 Å². The fraction of sp³-hybridized carbons (Fsp3) is 0. The van der Waals surface area contributed by atoms with Crippen LogP contribution < -0.4 is 9.61 Å². The van der Waals surface area contributed by atoms with Gasteiger partial charge in [-0.15, -0.1) is 0 Å². The Balaban J connectivity index is 2.85. The Bertz CT molecular complexity index is 44.9. The van der Waals surface area contributed by atoms with E-state index in [-0.39, 0.29) is 0 Å². The maximum absolute atomic E-state index is 9.50. The van der Waals surface area contributed by atoms with Gasteiger partial charge in [0, 0.05) is 0 Å². The second-order valence-electron chi connectivity index (χ2n) is 0.466. The van der Waals surface area contributed by atoms with E-state index in [2.05, 4.69) is 9.61 Å². The van der Waals surface area contributed by atoms with E-state index in [1.165, 1.54) is 0 Å². The fourth-order valence-corrected chi connectivity index (χ4v) is 0. The van der Waals surface area contributed by atoms with Gasteiger partial charge in [0.05, 0.1) is 0 Å². The number of rotatable bonds is 0. The minimum absolute atomic E-state index is 0.458. The number of carbonyl (C=O) groups is 1. The van der Waals surface area contributed by atoms with Crippen LogP contribution >= 0.6 is 0 Å². The third-order valence-corrected chi connectivity index (χ3v) is 0.823. The molecule has 0 aliphatic rings. The molecular weight excluding hydrogens is 240 g/mol. The predicted octanol–water partition coefficient (Wildman–Crippen LogP) is -0.883. The van der Waals surface area contributed by atoms with Gasteiger partial charge in [0.2, 0.25) is 0 Å². The molecule has 5 heavy (non-hydrogen) atoms. The van der Waals surface area contributed by atoms with Crippen LogP contribution in [0.15, 0.2) is 0 Å². The first kappa shape index (κ1) is 4.96. The van der Waals surface area contributed by atoms with Gasteiger partial charge in [-0.3, -0.25) is 0 Å². The molecule has 0 aliphatic heterocycles. The summed E-state index contributed by atoms with van der Waals surface area (Å²) in [7, 11) is 0. The van der Waals surface area contributed by atoms with Crippen molar-refractivity contribution in [1.82, 2.24) is 3.88 Å². The molecule has 4 heteroatoms. The molecule has 0 heterocycles. The van der Waals surface area contributed by atoms with Gasteiger partial charge in [-0.25, -0.2) is 0 Å². The molecule has 3 nitrogen and oxygen atoms in total. The molecule has 0 spiro atoms. The molecule has 2 amide bonds. The van der Waals surface area contributed by atoms with Crippen LogP contribution in [0, 0.1) is 0 Å². The van der Waals surface area contributed by atoms with Crippen molar-refractivity contribution in [2.45, 2.75) is 0 Å². The molecule has 3 N–H and O–H groups in total. The molecular formula is CH3N2OW. The van der Waals surface area contributed by atoms with Crippen molar-refractivity contribution in [2.75, 3.05) is 0 Å². The van der Waals surface area contributed by atoms with E-state index < -0.39 is 6.03 Å². The van der Waals surface area contributed by atoms with Crippen LogP contribution in [0.4, 0.5) is 4.79 Å². The van der Waals surface area contributed by atoms with Gasteiger partial charge in [-0.1, -0.05) is 0 Å². The zero-order chi connectivity index (χ0) is 4.28. The number of primary amides is 1. The number of hydrogen-bond acceptors (Lipinski definition) is 1. The Labute approximate surface area is 41.1 Å². The second kappa shape index (κ2) is 2.21. The van der Waals surface area contributed by atoms with Crippen LogP contribution in [0.2, 0.25) is 0 Å². The summed E-state index contributed by atoms with van der Waals surface area (Å²) in [6.45, 7) is 0. The molecule has 0 fully saturated rings. The van der Waals surface area contributed by atoms with Gasteiger partial charge in [0.15, 0.2) is 0 Å². The van der Waals surface area contributed by atoms with Crippen molar-refractivity contribution in [3.8, 4) is 0 Å². The second-order valence-corrected chi connectivity index (χ2v) is 1.20. The van der Waals surface area contributed by atoms with Crippen LogP contribution in [0.25, 0.3) is 0 Å². The molecule has 0 radical (unpaired) electrons. The first-order valence-electron chi connectivity index (χ1n) is 0.947. The Kier molecular flexibility index (Phi) is 2.19. The number of hydrogen-bond donors (Lipinski definition) is 2. The van der Waals surface area contributed by atoms with Gasteiger partial charge in [0.1, 0.15) is 0 Å². The van der Waals surface area contributed by atoms with Crippen LogP contribution in [0.1, 0.15) is 0 Å². The van der Waals surface area contributed by atoms with Crippen molar-refractivity contribution in [3.05, 3.63) is 0 Å². The maximum atomic E-state index is 9.50. The van der Waals surface area contributed by atoms with Gasteiger partial charge in [-0.2, -0.15) is 0 Å². The first-order chi connectivity index (χ1) is 2.27. The molecule has 29 valence electrons. The van der Waals surface area contributed by atoms with E-state index in [1.54, 1.807) is 0 Å². The van der Waals surface area contributed by atoms with E-state index in [0.29, 0.717) is 0 Å². The number of nitrogens with two attached hydrogens (primary N) is 1. The van der Waals surface area contributed by atoms with Gasteiger partial charge < -0.3 is 0 Å². The number of amides is 2. The van der Waals surface area contributed by atoms with Crippen molar-refractivity contribution in [2.24, 2.45) is 5.73 Å². The van der Waals surface area contributed by atoms with Crippen LogP contribution in [0.5, 0.6) is 0 Å². The van der Waals surface area contributed by atoms with E-state index in [0.717, 1.165) is 20.1 Å². The third kappa shape index (κ3) is 3.96. The topological polar surface area (TPSA) is 55.1 Å². The molecule has 0 aromatic carbocycles. The fourth-order valence-electron chi connectivity index (χ4n) is 0. The van der Waals surface area contributed by atoms with Crippen LogP contribution in [0.3, 0.4) is 0 Å². The molecule has 0 saturated heterocycles. The number of urea groups is 1. The van der Waals surface area contributed by atoms with Crippen molar-refractivity contribution >= 4 is 6.03 Å². The quantitative estimate of drug-likeness (QED) is 0.570. The van der Waals surface area contributed by atoms with Gasteiger partial charge in [0.25, 0.3) is 0 Å². The van der Waals surface area contributed by atoms with Crippen molar-refractivity contribution < 1.29 is 24.9 Å². The van der Waals surface area contributed by atoms with E-state index in [9.17, 15) is 4.79 Å². The van der Waals surface area contributed by atoms with Crippen molar-refractivity contribution in [3.63, 3.8) is 0 Å². The molecule has 0 aromatic rings. The molecule has 0 aliphatic carbocycles. The minimum atomic E-state index is -0.458. The van der Waals surface area contributed by atoms with Gasteiger partial charge >= 0.3 is 40.5 Å². The number of nitrogens with one attached hydrogen (secondary N) is 1. The summed E-state index contributed by atoms with van der Waals surface area (Å²) in [5.74, 6) is 0. The van der Waals surface area contributed by atoms with E-state index in [1.807, 2.05) is 0 Å². The first-order valence-corrected chi connectivity index (χ1v) is 2.41. The predicted molar refractivity (Wildman–Crippen MR) is 12.7 cm³/mol. The summed E-state index contributed by atoms with van der Waals surface area (Å²) < 4.78 is 2.25. The molecule has 0 rings (SSSR count). The van der Waals surface area contributed by atoms with E-state index in [4.69, 9.17) is 0 Å². The van der Waals surface area contributed by atoms with Crippen LogP contribution in [-0.4, -0.2) is 6.03 Å². The summed E-state index contributed by atoms with van der Waals surface area (Å²) in [5.41, 5.74) is 4.56. The number of carbonyl (C=O) groups excluding carboxylic acids is 1. The zero-order valence-electron chi connectivity index (χ0n) is 2.39. The molecule has 0 unspecified atom stereocenters. The zero-order valence-corrected chi connectivity index (χ0v) is 5.33. The van der Waals surface area contributed by atoms with E-state index >= 15 is 0 Å². The summed E-state index contributed by atoms with van der Waals surface area (Å²) in [4.78, 5) is 9.50. The molecule has 0 atom stereocenters. The third-order valence-electron chi connectivity index (χ3n) is 0.101. The summed E-state index contributed by atoms with van der Waals surface area (Å²) >= 11 is 0.979. The average molecular weight is 243 g/mol. The average Bonchev–Trinajstić information content (AvgIpc) is 1.38. The Morgan fingerprint density at radius 1 is 2.00 bits per heavy atom. The summed E-state index contributed by atoms with van der Waals surface area (Å²) in [5, 5.41) is 0. The Morgan fingerprint density at radius 2 is 2.20 bits per heavy atom. The summed E-state index contributed by atoms with van der Waals surface area (Å²) in [6, 6.07) is -0.458. The Morgan fingerprint density at radius 3 is 2.20 bits per heavy atom. The Hall–Kier alpha value is -0.0417. The molecule has 0 bridgehead atoms. The SMILES string of the molecule is NC(=O)[NH][W]. The summed E-state index contributed by atoms with van der Waals surface area (Å²) in [6.07, 6.45) is 0. The molecule has 0 saturated carbocycles. The van der Waals surface area contributed by atoms with Gasteiger partial charge in [-0.05, 0) is 0 Å².